The molecule has 0 rings (SSSR count). The first-order chi connectivity index (χ1) is 7.95. The predicted molar refractivity (Wildman–Crippen MR) is 69.3 cm³/mol. The molecule has 4 N–H and O–H groups in total. The Morgan fingerprint density at radius 1 is 1.11 bits per heavy atom. The monoisotopic (exact) mass is 259 g/mol. The third kappa shape index (κ3) is 7.27. The van der Waals surface area contributed by atoms with E-state index in [1.807, 2.05) is 27.7 Å². The van der Waals surface area contributed by atoms with Crippen LogP contribution in [0, 0.1) is 10.8 Å². The summed E-state index contributed by atoms with van der Waals surface area (Å²) in [5.74, 6) is -1.80. The molecule has 0 fully saturated rings. The predicted octanol–water partition coefficient (Wildman–Crippen LogP) is 2.10. The fraction of sp³-hybridized carbons (Fsp3) is 0.846. The molecule has 0 aromatic heterocycles. The average molecular weight is 259 g/mol. The highest BCUT2D eigenvalue weighted by Gasteiger charge is 2.32. The van der Waals surface area contributed by atoms with E-state index in [1.54, 1.807) is 0 Å². The van der Waals surface area contributed by atoms with Crippen molar-refractivity contribution in [3.63, 3.8) is 0 Å². The van der Waals surface area contributed by atoms with Gasteiger partial charge in [-0.1, -0.05) is 27.7 Å². The Kier molecular flexibility index (Phi) is 5.80. The summed E-state index contributed by atoms with van der Waals surface area (Å²) in [7, 11) is 0. The van der Waals surface area contributed by atoms with Crippen molar-refractivity contribution in [2.75, 3.05) is 0 Å². The van der Waals surface area contributed by atoms with Gasteiger partial charge in [-0.25, -0.2) is 0 Å². The van der Waals surface area contributed by atoms with Gasteiger partial charge >= 0.3 is 11.9 Å². The maximum atomic E-state index is 10.8. The van der Waals surface area contributed by atoms with Crippen molar-refractivity contribution >= 4 is 11.9 Å². The molecule has 0 amide bonds. The van der Waals surface area contributed by atoms with Crippen molar-refractivity contribution in [2.24, 2.45) is 16.6 Å². The van der Waals surface area contributed by atoms with Crippen LogP contribution < -0.4 is 5.73 Å². The highest BCUT2D eigenvalue weighted by molar-refractivity contribution is 5.73. The van der Waals surface area contributed by atoms with Crippen LogP contribution in [0.4, 0.5) is 0 Å². The average Bonchev–Trinajstić information content (AvgIpc) is 2.12. The van der Waals surface area contributed by atoms with Gasteiger partial charge in [0.15, 0.2) is 0 Å². The van der Waals surface area contributed by atoms with Crippen LogP contribution in [0.15, 0.2) is 0 Å². The van der Waals surface area contributed by atoms with E-state index in [9.17, 15) is 9.59 Å². The third-order valence-electron chi connectivity index (χ3n) is 3.06. The molecule has 0 aliphatic heterocycles. The molecular weight excluding hydrogens is 234 g/mol. The molecule has 1 unspecified atom stereocenters. The Hall–Kier alpha value is -1.10. The number of hydrogen-bond donors (Lipinski definition) is 3. The zero-order chi connectivity index (χ0) is 14.6. The fourth-order valence-electron chi connectivity index (χ4n) is 2.58. The minimum absolute atomic E-state index is 0.133. The molecule has 106 valence electrons. The van der Waals surface area contributed by atoms with Crippen LogP contribution in [0.25, 0.3) is 0 Å². The quantitative estimate of drug-likeness (QED) is 0.619. The first-order valence-electron chi connectivity index (χ1n) is 6.15. The van der Waals surface area contributed by atoms with Gasteiger partial charge in [0.05, 0.1) is 0 Å². The molecule has 0 aliphatic rings. The van der Waals surface area contributed by atoms with Crippen molar-refractivity contribution in [3.8, 4) is 0 Å². The smallest absolute Gasteiger partial charge is 0.320 e. The Bertz CT molecular complexity index is 310. The van der Waals surface area contributed by atoms with Crippen molar-refractivity contribution in [1.82, 2.24) is 0 Å². The van der Waals surface area contributed by atoms with E-state index in [2.05, 4.69) is 0 Å². The zero-order valence-electron chi connectivity index (χ0n) is 11.7. The second-order valence-corrected chi connectivity index (χ2v) is 6.55. The summed E-state index contributed by atoms with van der Waals surface area (Å²) in [6, 6.07) is -0.865. The van der Waals surface area contributed by atoms with E-state index in [0.717, 1.165) is 6.42 Å². The number of aliphatic carboxylic acids is 2. The van der Waals surface area contributed by atoms with Crippen LogP contribution in [-0.2, 0) is 9.59 Å². The normalized spacial score (nSPS) is 14.3. The van der Waals surface area contributed by atoms with Gasteiger partial charge in [-0.2, -0.15) is 0 Å². The SMILES string of the molecule is CC(C)(CCC(=O)O)CC(C)(C)CC(N)C(=O)O. The summed E-state index contributed by atoms with van der Waals surface area (Å²) in [6.07, 6.45) is 1.84. The van der Waals surface area contributed by atoms with Crippen molar-refractivity contribution in [1.29, 1.82) is 0 Å². The van der Waals surface area contributed by atoms with E-state index >= 15 is 0 Å². The fourth-order valence-corrected chi connectivity index (χ4v) is 2.58. The maximum absolute atomic E-state index is 10.8. The molecule has 5 heteroatoms. The molecule has 0 aromatic rings. The Balaban J connectivity index is 4.45. The number of carboxylic acid groups (broad SMARTS) is 2. The molecule has 0 radical (unpaired) electrons. The lowest BCUT2D eigenvalue weighted by Gasteiger charge is -2.35. The van der Waals surface area contributed by atoms with Crippen molar-refractivity contribution in [2.45, 2.75) is 59.4 Å². The van der Waals surface area contributed by atoms with Gasteiger partial charge in [0.2, 0.25) is 0 Å². The van der Waals surface area contributed by atoms with E-state index in [0.29, 0.717) is 12.8 Å². The number of rotatable bonds is 8. The van der Waals surface area contributed by atoms with Crippen LogP contribution in [0.1, 0.15) is 53.4 Å². The maximum Gasteiger partial charge on any atom is 0.320 e. The molecule has 0 spiro atoms. The molecule has 0 saturated carbocycles. The Morgan fingerprint density at radius 2 is 1.61 bits per heavy atom. The number of nitrogens with two attached hydrogens (primary N) is 1. The van der Waals surface area contributed by atoms with Crippen LogP contribution >= 0.6 is 0 Å². The summed E-state index contributed by atoms with van der Waals surface area (Å²) < 4.78 is 0. The standard InChI is InChI=1S/C13H25NO4/c1-12(2,6-5-10(15)16)8-13(3,4)7-9(14)11(17)18/h9H,5-8,14H2,1-4H3,(H,15,16)(H,17,18). The minimum atomic E-state index is -0.994. The van der Waals surface area contributed by atoms with Gasteiger partial charge < -0.3 is 15.9 Å². The summed E-state index contributed by atoms with van der Waals surface area (Å²) >= 11 is 0. The summed E-state index contributed by atoms with van der Waals surface area (Å²) in [5.41, 5.74) is 5.19. The lowest BCUT2D eigenvalue weighted by Crippen LogP contribution is -2.37. The van der Waals surface area contributed by atoms with E-state index in [4.69, 9.17) is 15.9 Å². The molecule has 0 aromatic carbocycles. The van der Waals surface area contributed by atoms with Gasteiger partial charge in [-0.3, -0.25) is 9.59 Å². The molecule has 0 bridgehead atoms. The van der Waals surface area contributed by atoms with Crippen LogP contribution in [0.2, 0.25) is 0 Å². The molecule has 5 nitrogen and oxygen atoms in total. The number of carbonyl (C=O) groups is 2. The van der Waals surface area contributed by atoms with Gasteiger partial charge in [-0.05, 0) is 30.1 Å². The van der Waals surface area contributed by atoms with Gasteiger partial charge in [0.1, 0.15) is 6.04 Å². The molecule has 0 aliphatic carbocycles. The topological polar surface area (TPSA) is 101 Å². The zero-order valence-corrected chi connectivity index (χ0v) is 11.7. The minimum Gasteiger partial charge on any atom is -0.481 e. The van der Waals surface area contributed by atoms with Crippen molar-refractivity contribution < 1.29 is 19.8 Å². The Morgan fingerprint density at radius 3 is 2.00 bits per heavy atom. The van der Waals surface area contributed by atoms with Crippen LogP contribution in [0.5, 0.6) is 0 Å². The second-order valence-electron chi connectivity index (χ2n) is 6.55. The molecule has 18 heavy (non-hydrogen) atoms. The van der Waals surface area contributed by atoms with Gasteiger partial charge in [0, 0.05) is 6.42 Å². The van der Waals surface area contributed by atoms with E-state index in [1.165, 1.54) is 0 Å². The van der Waals surface area contributed by atoms with Gasteiger partial charge in [0.25, 0.3) is 0 Å². The number of carboxylic acids is 2. The summed E-state index contributed by atoms with van der Waals surface area (Å²) in [6.45, 7) is 7.95. The van der Waals surface area contributed by atoms with Crippen LogP contribution in [-0.4, -0.2) is 28.2 Å². The first kappa shape index (κ1) is 16.9. The molecule has 1 atom stereocenters. The van der Waals surface area contributed by atoms with Crippen LogP contribution in [0.3, 0.4) is 0 Å². The van der Waals surface area contributed by atoms with E-state index < -0.39 is 18.0 Å². The largest absolute Gasteiger partial charge is 0.481 e. The van der Waals surface area contributed by atoms with E-state index in [-0.39, 0.29) is 17.3 Å². The molecule has 0 heterocycles. The third-order valence-corrected chi connectivity index (χ3v) is 3.06. The lowest BCUT2D eigenvalue weighted by atomic mass is 9.70. The first-order valence-corrected chi connectivity index (χ1v) is 6.15. The van der Waals surface area contributed by atoms with Gasteiger partial charge in [-0.15, -0.1) is 0 Å². The Labute approximate surface area is 108 Å². The highest BCUT2D eigenvalue weighted by atomic mass is 16.4. The second kappa shape index (κ2) is 6.18. The highest BCUT2D eigenvalue weighted by Crippen LogP contribution is 2.39. The molecular formula is C13H25NO4. The molecule has 0 saturated heterocycles. The number of hydrogen-bond acceptors (Lipinski definition) is 3. The summed E-state index contributed by atoms with van der Waals surface area (Å²) in [5, 5.41) is 17.5. The lowest BCUT2D eigenvalue weighted by molar-refractivity contribution is -0.139. The van der Waals surface area contributed by atoms with Crippen molar-refractivity contribution in [3.05, 3.63) is 0 Å². The summed E-state index contributed by atoms with van der Waals surface area (Å²) in [4.78, 5) is 21.3.